The number of aromatic nitrogens is 1. The van der Waals surface area contributed by atoms with Crippen molar-refractivity contribution in [1.82, 2.24) is 4.98 Å². The number of hydrogen-bond donors (Lipinski definition) is 1. The number of nitrogens with one attached hydrogen (secondary N) is 1. The van der Waals surface area contributed by atoms with Crippen molar-refractivity contribution in [2.24, 2.45) is 0 Å². The fraction of sp³-hybridized carbons (Fsp3) is 0.300. The van der Waals surface area contributed by atoms with E-state index in [0.29, 0.717) is 17.1 Å². The Morgan fingerprint density at radius 2 is 1.89 bits per heavy atom. The topological polar surface area (TPSA) is 76.1 Å². The largest absolute Gasteiger partial charge is 0.302 e. The molecule has 1 aliphatic rings. The smallest absolute Gasteiger partial charge is 0.230 e. The highest BCUT2D eigenvalue weighted by atomic mass is 32.2. The van der Waals surface area contributed by atoms with Crippen LogP contribution in [-0.4, -0.2) is 25.6 Å². The van der Waals surface area contributed by atoms with Gasteiger partial charge >= 0.3 is 0 Å². The minimum atomic E-state index is -3.26. The summed E-state index contributed by atoms with van der Waals surface area (Å²) in [5, 5.41) is 3.32. The number of amides is 1. The average molecular weight is 401 g/mol. The van der Waals surface area contributed by atoms with Crippen LogP contribution in [0.25, 0.3) is 10.2 Å². The first-order valence-corrected chi connectivity index (χ1v) is 11.6. The summed E-state index contributed by atoms with van der Waals surface area (Å²) in [5.41, 5.74) is 4.45. The van der Waals surface area contributed by atoms with Crippen molar-refractivity contribution in [3.63, 3.8) is 0 Å². The molecule has 0 aliphatic heterocycles. The van der Waals surface area contributed by atoms with E-state index in [2.05, 4.69) is 22.4 Å². The highest BCUT2D eigenvalue weighted by Crippen LogP contribution is 2.28. The molecule has 1 aromatic heterocycles. The van der Waals surface area contributed by atoms with Crippen molar-refractivity contribution in [2.45, 2.75) is 37.0 Å². The quantitative estimate of drug-likeness (QED) is 0.723. The number of nitrogens with zero attached hydrogens (tertiary/aromatic N) is 1. The maximum absolute atomic E-state index is 12.4. The maximum atomic E-state index is 12.4. The van der Waals surface area contributed by atoms with Crippen LogP contribution in [0.15, 0.2) is 41.3 Å². The molecule has 0 spiro atoms. The zero-order valence-electron chi connectivity index (χ0n) is 15.0. The number of thiazole rings is 1. The molecule has 1 amide bonds. The van der Waals surface area contributed by atoms with Crippen LogP contribution >= 0.6 is 11.3 Å². The Hall–Kier alpha value is -2.25. The van der Waals surface area contributed by atoms with Gasteiger partial charge in [0.2, 0.25) is 5.91 Å². The third kappa shape index (κ3) is 4.04. The summed E-state index contributed by atoms with van der Waals surface area (Å²) >= 11 is 1.28. The highest BCUT2D eigenvalue weighted by molar-refractivity contribution is 7.90. The zero-order valence-corrected chi connectivity index (χ0v) is 16.6. The van der Waals surface area contributed by atoms with Crippen LogP contribution in [-0.2, 0) is 33.9 Å². The van der Waals surface area contributed by atoms with E-state index in [0.717, 1.165) is 23.1 Å². The summed E-state index contributed by atoms with van der Waals surface area (Å²) in [6.07, 6.45) is 6.15. The summed E-state index contributed by atoms with van der Waals surface area (Å²) in [5.74, 6) is -0.117. The Kier molecular flexibility index (Phi) is 4.74. The van der Waals surface area contributed by atoms with Crippen LogP contribution in [0.5, 0.6) is 0 Å². The van der Waals surface area contributed by atoms with Gasteiger partial charge in [-0.15, -0.1) is 0 Å². The highest BCUT2D eigenvalue weighted by Gasteiger charge is 2.14. The second-order valence-electron chi connectivity index (χ2n) is 6.96. The van der Waals surface area contributed by atoms with Gasteiger partial charge in [0, 0.05) is 6.26 Å². The van der Waals surface area contributed by atoms with Gasteiger partial charge in [-0.3, -0.25) is 4.79 Å². The molecule has 1 N–H and O–H groups in total. The molecule has 0 saturated carbocycles. The Morgan fingerprint density at radius 1 is 1.11 bits per heavy atom. The number of sulfone groups is 1. The van der Waals surface area contributed by atoms with E-state index in [-0.39, 0.29) is 10.8 Å². The van der Waals surface area contributed by atoms with Gasteiger partial charge in [-0.2, -0.15) is 0 Å². The lowest BCUT2D eigenvalue weighted by Crippen LogP contribution is -2.14. The third-order valence-electron chi connectivity index (χ3n) is 4.81. The van der Waals surface area contributed by atoms with Crippen molar-refractivity contribution in [1.29, 1.82) is 0 Å². The number of benzene rings is 2. The van der Waals surface area contributed by atoms with E-state index in [9.17, 15) is 13.2 Å². The summed E-state index contributed by atoms with van der Waals surface area (Å²) in [6.45, 7) is 0. The maximum Gasteiger partial charge on any atom is 0.230 e. The summed E-state index contributed by atoms with van der Waals surface area (Å²) in [4.78, 5) is 17.0. The van der Waals surface area contributed by atoms with Gasteiger partial charge in [-0.1, -0.05) is 29.5 Å². The van der Waals surface area contributed by atoms with Crippen molar-refractivity contribution < 1.29 is 13.2 Å². The number of fused-ring (bicyclic) bond motifs is 2. The standard InChI is InChI=1S/C20H20N2O3S2/c1-27(24,25)16-8-9-17-18(12-16)26-20(21-17)22-19(23)11-13-6-7-14-4-2-3-5-15(14)10-13/h6-10,12H,2-5,11H2,1H3,(H,21,22,23). The van der Waals surface area contributed by atoms with E-state index >= 15 is 0 Å². The predicted molar refractivity (Wildman–Crippen MR) is 108 cm³/mol. The zero-order chi connectivity index (χ0) is 19.0. The Morgan fingerprint density at radius 3 is 2.67 bits per heavy atom. The number of carbonyl (C=O) groups is 1. The van der Waals surface area contributed by atoms with E-state index in [1.165, 1.54) is 47.6 Å². The molecule has 1 aliphatic carbocycles. The molecule has 0 atom stereocenters. The lowest BCUT2D eigenvalue weighted by Gasteiger charge is -2.16. The van der Waals surface area contributed by atoms with Crippen LogP contribution in [0, 0.1) is 0 Å². The predicted octanol–water partition coefficient (Wildman–Crippen LogP) is 3.76. The molecule has 0 radical (unpaired) electrons. The molecule has 5 nitrogen and oxygen atoms in total. The first kappa shape index (κ1) is 18.1. The van der Waals surface area contributed by atoms with Gasteiger partial charge in [-0.05, 0) is 60.6 Å². The molecular weight excluding hydrogens is 380 g/mol. The molecule has 140 valence electrons. The molecule has 0 fully saturated rings. The number of anilines is 1. The van der Waals surface area contributed by atoms with Crippen LogP contribution in [0.2, 0.25) is 0 Å². The summed E-state index contributed by atoms with van der Waals surface area (Å²) < 4.78 is 24.1. The fourth-order valence-electron chi connectivity index (χ4n) is 3.43. The van der Waals surface area contributed by atoms with Crippen molar-refractivity contribution in [2.75, 3.05) is 11.6 Å². The normalized spacial score (nSPS) is 14.1. The molecular formula is C20H20N2O3S2. The van der Waals surface area contributed by atoms with E-state index in [1.807, 2.05) is 6.07 Å². The SMILES string of the molecule is CS(=O)(=O)c1ccc2nc(NC(=O)Cc3ccc4c(c3)CCCC4)sc2c1. The molecule has 0 saturated heterocycles. The Bertz CT molecular complexity index is 1130. The summed E-state index contributed by atoms with van der Waals surface area (Å²) in [7, 11) is -3.26. The van der Waals surface area contributed by atoms with Crippen LogP contribution in [0.4, 0.5) is 5.13 Å². The molecule has 0 unspecified atom stereocenters. The average Bonchev–Trinajstić information content (AvgIpc) is 3.02. The molecule has 4 rings (SSSR count). The minimum Gasteiger partial charge on any atom is -0.302 e. The molecule has 7 heteroatoms. The van der Waals surface area contributed by atoms with Crippen LogP contribution < -0.4 is 5.32 Å². The van der Waals surface area contributed by atoms with Crippen LogP contribution in [0.1, 0.15) is 29.5 Å². The van der Waals surface area contributed by atoms with Gasteiger partial charge in [0.25, 0.3) is 0 Å². The first-order chi connectivity index (χ1) is 12.9. The van der Waals surface area contributed by atoms with Gasteiger partial charge < -0.3 is 5.32 Å². The Balaban J connectivity index is 1.49. The van der Waals surface area contributed by atoms with Gasteiger partial charge in [0.1, 0.15) is 0 Å². The van der Waals surface area contributed by atoms with Crippen LogP contribution in [0.3, 0.4) is 0 Å². The molecule has 3 aromatic rings. The number of hydrogen-bond acceptors (Lipinski definition) is 5. The lowest BCUT2D eigenvalue weighted by atomic mass is 9.90. The first-order valence-electron chi connectivity index (χ1n) is 8.90. The van der Waals surface area contributed by atoms with E-state index in [1.54, 1.807) is 12.1 Å². The van der Waals surface area contributed by atoms with Gasteiger partial charge in [-0.25, -0.2) is 13.4 Å². The van der Waals surface area contributed by atoms with E-state index in [4.69, 9.17) is 0 Å². The van der Waals surface area contributed by atoms with Gasteiger partial charge in [0.05, 0.1) is 21.5 Å². The van der Waals surface area contributed by atoms with E-state index < -0.39 is 9.84 Å². The number of aryl methyl sites for hydroxylation is 2. The van der Waals surface area contributed by atoms with Crippen molar-refractivity contribution in [3.8, 4) is 0 Å². The fourth-order valence-corrected chi connectivity index (χ4v) is 5.08. The van der Waals surface area contributed by atoms with Crippen molar-refractivity contribution in [3.05, 3.63) is 53.1 Å². The molecule has 27 heavy (non-hydrogen) atoms. The number of carbonyl (C=O) groups excluding carboxylic acids is 1. The third-order valence-corrected chi connectivity index (χ3v) is 6.86. The monoisotopic (exact) mass is 400 g/mol. The molecule has 1 heterocycles. The second kappa shape index (κ2) is 7.05. The molecule has 0 bridgehead atoms. The minimum absolute atomic E-state index is 0.117. The second-order valence-corrected chi connectivity index (χ2v) is 10.0. The summed E-state index contributed by atoms with van der Waals surface area (Å²) in [6, 6.07) is 11.1. The van der Waals surface area contributed by atoms with Gasteiger partial charge in [0.15, 0.2) is 15.0 Å². The molecule has 2 aromatic carbocycles. The number of rotatable bonds is 4. The van der Waals surface area contributed by atoms with Crippen molar-refractivity contribution >= 4 is 42.4 Å². The lowest BCUT2D eigenvalue weighted by molar-refractivity contribution is -0.115. The Labute approximate surface area is 162 Å².